The molecule has 0 spiro atoms. The van der Waals surface area contributed by atoms with Crippen LogP contribution in [-0.4, -0.2) is 71.7 Å². The summed E-state index contributed by atoms with van der Waals surface area (Å²) in [5, 5.41) is 13.1. The van der Waals surface area contributed by atoms with Crippen molar-refractivity contribution >= 4 is 5.91 Å². The molecule has 20 heavy (non-hydrogen) atoms. The molecule has 0 bridgehead atoms. The van der Waals surface area contributed by atoms with Crippen LogP contribution in [0.5, 0.6) is 0 Å². The number of hydrogen-bond donors (Lipinski definition) is 2. The van der Waals surface area contributed by atoms with Crippen molar-refractivity contribution < 1.29 is 9.90 Å². The van der Waals surface area contributed by atoms with Crippen LogP contribution in [0, 0.1) is 0 Å². The molecule has 1 aliphatic heterocycles. The van der Waals surface area contributed by atoms with E-state index in [4.69, 9.17) is 0 Å². The fourth-order valence-electron chi connectivity index (χ4n) is 3.28. The van der Waals surface area contributed by atoms with Crippen molar-refractivity contribution in [3.63, 3.8) is 0 Å². The Bertz CT molecular complexity index is 321. The summed E-state index contributed by atoms with van der Waals surface area (Å²) in [6, 6.07) is 0.763. The van der Waals surface area contributed by atoms with E-state index in [0.29, 0.717) is 18.6 Å². The van der Waals surface area contributed by atoms with E-state index in [1.54, 1.807) is 6.92 Å². The summed E-state index contributed by atoms with van der Waals surface area (Å²) in [6.45, 7) is 8.86. The predicted octanol–water partition coefficient (Wildman–Crippen LogP) is 0.677. The summed E-state index contributed by atoms with van der Waals surface area (Å²) in [7, 11) is 3.82. The molecule has 4 unspecified atom stereocenters. The van der Waals surface area contributed by atoms with E-state index in [1.165, 1.54) is 0 Å². The SMILES string of the molecule is CC1CCC(C)N1C(C)C(=O)NCC(C)(O)CN(C)C. The molecule has 4 atom stereocenters. The van der Waals surface area contributed by atoms with Crippen molar-refractivity contribution in [2.75, 3.05) is 27.2 Å². The normalized spacial score (nSPS) is 28.4. The summed E-state index contributed by atoms with van der Waals surface area (Å²) in [4.78, 5) is 16.5. The Morgan fingerprint density at radius 2 is 1.90 bits per heavy atom. The molecular weight excluding hydrogens is 254 g/mol. The van der Waals surface area contributed by atoms with Crippen molar-refractivity contribution in [2.24, 2.45) is 0 Å². The van der Waals surface area contributed by atoms with Gasteiger partial charge >= 0.3 is 0 Å². The van der Waals surface area contributed by atoms with E-state index < -0.39 is 5.60 Å². The Morgan fingerprint density at radius 3 is 2.35 bits per heavy atom. The van der Waals surface area contributed by atoms with E-state index in [9.17, 15) is 9.90 Å². The lowest BCUT2D eigenvalue weighted by atomic mass is 10.1. The third-order valence-corrected chi connectivity index (χ3v) is 4.15. The summed E-state index contributed by atoms with van der Waals surface area (Å²) in [6.07, 6.45) is 2.30. The van der Waals surface area contributed by atoms with Gasteiger partial charge in [-0.15, -0.1) is 0 Å². The number of likely N-dealkylation sites (tertiary alicyclic amines) is 1. The van der Waals surface area contributed by atoms with Gasteiger partial charge in [-0.05, 0) is 54.6 Å². The first kappa shape index (κ1) is 17.4. The summed E-state index contributed by atoms with van der Waals surface area (Å²) < 4.78 is 0. The number of nitrogens with zero attached hydrogens (tertiary/aromatic N) is 2. The minimum Gasteiger partial charge on any atom is -0.387 e. The van der Waals surface area contributed by atoms with Crippen molar-refractivity contribution in [1.29, 1.82) is 0 Å². The van der Waals surface area contributed by atoms with Gasteiger partial charge in [0.2, 0.25) is 5.91 Å². The maximum atomic E-state index is 12.3. The van der Waals surface area contributed by atoms with Gasteiger partial charge in [-0.25, -0.2) is 0 Å². The summed E-state index contributed by atoms with van der Waals surface area (Å²) in [5.74, 6) is 0.00429. The first-order chi connectivity index (χ1) is 9.14. The number of likely N-dealkylation sites (N-methyl/N-ethyl adjacent to an activating group) is 1. The molecule has 1 aliphatic rings. The van der Waals surface area contributed by atoms with E-state index in [1.807, 2.05) is 25.9 Å². The lowest BCUT2D eigenvalue weighted by Crippen LogP contribution is -2.53. The Labute approximate surface area is 123 Å². The van der Waals surface area contributed by atoms with Gasteiger partial charge in [0.1, 0.15) is 0 Å². The highest BCUT2D eigenvalue weighted by Crippen LogP contribution is 2.25. The molecule has 5 nitrogen and oxygen atoms in total. The molecule has 0 radical (unpaired) electrons. The van der Waals surface area contributed by atoms with Gasteiger partial charge in [-0.1, -0.05) is 0 Å². The third kappa shape index (κ3) is 4.72. The largest absolute Gasteiger partial charge is 0.387 e. The van der Waals surface area contributed by atoms with Gasteiger partial charge < -0.3 is 15.3 Å². The van der Waals surface area contributed by atoms with E-state index in [-0.39, 0.29) is 18.5 Å². The molecule has 0 aromatic carbocycles. The van der Waals surface area contributed by atoms with Crippen LogP contribution in [0.3, 0.4) is 0 Å². The highest BCUT2D eigenvalue weighted by Gasteiger charge is 2.34. The standard InChI is InChI=1S/C15H31N3O2/c1-11-7-8-12(2)18(11)13(3)14(19)16-9-15(4,20)10-17(5)6/h11-13,20H,7-10H2,1-6H3,(H,16,19). The molecule has 1 amide bonds. The maximum Gasteiger partial charge on any atom is 0.237 e. The minimum absolute atomic E-state index is 0.00429. The first-order valence-corrected chi connectivity index (χ1v) is 7.56. The van der Waals surface area contributed by atoms with Gasteiger partial charge in [0, 0.05) is 25.2 Å². The number of nitrogens with one attached hydrogen (secondary N) is 1. The fraction of sp³-hybridized carbons (Fsp3) is 0.933. The Kier molecular flexibility index (Phi) is 5.98. The number of aliphatic hydroxyl groups is 1. The summed E-state index contributed by atoms with van der Waals surface area (Å²) in [5.41, 5.74) is -0.902. The molecule has 5 heteroatoms. The van der Waals surface area contributed by atoms with Crippen LogP contribution in [0.2, 0.25) is 0 Å². The topological polar surface area (TPSA) is 55.8 Å². The molecule has 1 heterocycles. The molecule has 0 saturated carbocycles. The van der Waals surface area contributed by atoms with Gasteiger partial charge in [0.15, 0.2) is 0 Å². The van der Waals surface area contributed by atoms with Crippen LogP contribution in [0.1, 0.15) is 40.5 Å². The number of amides is 1. The van der Waals surface area contributed by atoms with Crippen LogP contribution in [0.4, 0.5) is 0 Å². The molecule has 1 rings (SSSR count). The zero-order chi connectivity index (χ0) is 15.5. The Hall–Kier alpha value is -0.650. The van der Waals surface area contributed by atoms with Crippen molar-refractivity contribution in [3.8, 4) is 0 Å². The van der Waals surface area contributed by atoms with Crippen molar-refractivity contribution in [1.82, 2.24) is 15.1 Å². The third-order valence-electron chi connectivity index (χ3n) is 4.15. The number of carbonyl (C=O) groups is 1. The summed E-state index contributed by atoms with van der Waals surface area (Å²) >= 11 is 0. The Morgan fingerprint density at radius 1 is 1.40 bits per heavy atom. The molecule has 2 N–H and O–H groups in total. The quantitative estimate of drug-likeness (QED) is 0.753. The van der Waals surface area contributed by atoms with Gasteiger partial charge in [-0.3, -0.25) is 9.69 Å². The van der Waals surface area contributed by atoms with E-state index >= 15 is 0 Å². The monoisotopic (exact) mass is 285 g/mol. The van der Waals surface area contributed by atoms with Crippen molar-refractivity contribution in [3.05, 3.63) is 0 Å². The molecule has 1 fully saturated rings. The maximum absolute atomic E-state index is 12.3. The average molecular weight is 285 g/mol. The number of rotatable bonds is 6. The molecule has 0 aromatic rings. The van der Waals surface area contributed by atoms with E-state index in [2.05, 4.69) is 24.1 Å². The minimum atomic E-state index is -0.902. The van der Waals surface area contributed by atoms with Crippen LogP contribution in [0.15, 0.2) is 0 Å². The molecule has 1 saturated heterocycles. The zero-order valence-electron chi connectivity index (χ0n) is 13.8. The molecule has 118 valence electrons. The number of hydrogen-bond acceptors (Lipinski definition) is 4. The Balaban J connectivity index is 2.50. The van der Waals surface area contributed by atoms with Crippen molar-refractivity contribution in [2.45, 2.75) is 64.3 Å². The average Bonchev–Trinajstić information content (AvgIpc) is 2.63. The predicted molar refractivity (Wildman–Crippen MR) is 81.6 cm³/mol. The second-order valence-electron chi connectivity index (χ2n) is 6.85. The van der Waals surface area contributed by atoms with Crippen LogP contribution in [-0.2, 0) is 4.79 Å². The second-order valence-corrected chi connectivity index (χ2v) is 6.85. The van der Waals surface area contributed by atoms with Gasteiger partial charge in [0.25, 0.3) is 0 Å². The van der Waals surface area contributed by atoms with Crippen LogP contribution >= 0.6 is 0 Å². The molecule has 0 aromatic heterocycles. The number of carbonyl (C=O) groups excluding carboxylic acids is 1. The lowest BCUT2D eigenvalue weighted by molar-refractivity contribution is -0.128. The first-order valence-electron chi connectivity index (χ1n) is 7.56. The van der Waals surface area contributed by atoms with Gasteiger partial charge in [-0.2, -0.15) is 0 Å². The zero-order valence-corrected chi connectivity index (χ0v) is 13.8. The highest BCUT2D eigenvalue weighted by atomic mass is 16.3. The lowest BCUT2D eigenvalue weighted by Gasteiger charge is -2.33. The second kappa shape index (κ2) is 6.87. The van der Waals surface area contributed by atoms with Gasteiger partial charge in [0.05, 0.1) is 11.6 Å². The molecular formula is C15H31N3O2. The van der Waals surface area contributed by atoms with Crippen LogP contribution in [0.25, 0.3) is 0 Å². The molecule has 0 aliphatic carbocycles. The van der Waals surface area contributed by atoms with E-state index in [0.717, 1.165) is 12.8 Å². The van der Waals surface area contributed by atoms with Crippen LogP contribution < -0.4 is 5.32 Å². The smallest absolute Gasteiger partial charge is 0.237 e. The fourth-order valence-corrected chi connectivity index (χ4v) is 3.28. The highest BCUT2D eigenvalue weighted by molar-refractivity contribution is 5.81.